The van der Waals surface area contributed by atoms with Gasteiger partial charge in [-0.15, -0.1) is 0 Å². The van der Waals surface area contributed by atoms with Gasteiger partial charge in [0.15, 0.2) is 16.3 Å². The molecule has 0 amide bonds. The molecule has 0 spiro atoms. The van der Waals surface area contributed by atoms with E-state index in [0.29, 0.717) is 29.5 Å². The topological polar surface area (TPSA) is 116 Å². The van der Waals surface area contributed by atoms with Crippen LogP contribution in [0.2, 0.25) is 0 Å². The van der Waals surface area contributed by atoms with Crippen LogP contribution in [-0.2, 0) is 6.54 Å². The molecule has 11 heteroatoms. The van der Waals surface area contributed by atoms with Crippen LogP contribution in [0, 0.1) is 4.77 Å². The van der Waals surface area contributed by atoms with Gasteiger partial charge in [0.25, 0.3) is 5.56 Å². The molecule has 10 nitrogen and oxygen atoms in total. The number of aliphatic imine (C=N–C) groups is 1. The first-order chi connectivity index (χ1) is 15.0. The number of hydrogen-bond acceptors (Lipinski definition) is 8. The van der Waals surface area contributed by atoms with Crippen LogP contribution in [-0.4, -0.2) is 58.3 Å². The Morgan fingerprint density at radius 3 is 2.52 bits per heavy atom. The van der Waals surface area contributed by atoms with Crippen molar-refractivity contribution in [2.45, 2.75) is 13.0 Å². The minimum atomic E-state index is -0.537. The van der Waals surface area contributed by atoms with E-state index in [-0.39, 0.29) is 16.2 Å². The van der Waals surface area contributed by atoms with Gasteiger partial charge >= 0.3 is 0 Å². The number of aromatic nitrogens is 4. The van der Waals surface area contributed by atoms with Crippen molar-refractivity contribution in [3.8, 4) is 28.8 Å². The minimum absolute atomic E-state index is 0.00836. The molecule has 0 aliphatic rings. The summed E-state index contributed by atoms with van der Waals surface area (Å²) in [6, 6.07) is 3.22. The highest BCUT2D eigenvalue weighted by Crippen LogP contribution is 2.40. The summed E-state index contributed by atoms with van der Waals surface area (Å²) >= 11 is 5.27. The molecule has 0 fully saturated rings. The average Bonchev–Trinajstić information content (AvgIpc) is 3.28. The number of aryl methyl sites for hydroxylation is 1. The Balaban J connectivity index is 1.94. The molecular weight excluding hydrogens is 422 g/mol. The number of nitrogens with zero attached hydrogens (tertiary/aromatic N) is 4. The number of aromatic hydroxyl groups is 1. The van der Waals surface area contributed by atoms with Crippen molar-refractivity contribution in [1.29, 1.82) is 0 Å². The Hall–Kier alpha value is -3.60. The number of nitrogens with one attached hydrogen (secondary N) is 1. The molecule has 3 aromatic rings. The second kappa shape index (κ2) is 9.94. The summed E-state index contributed by atoms with van der Waals surface area (Å²) in [6.07, 6.45) is 7.38. The Bertz CT molecular complexity index is 1160. The highest BCUT2D eigenvalue weighted by molar-refractivity contribution is 7.71. The first-order valence-electron chi connectivity index (χ1n) is 9.34. The number of aromatic amines is 1. The van der Waals surface area contributed by atoms with E-state index in [4.69, 9.17) is 26.4 Å². The number of hydrogen-bond donors (Lipinski definition) is 2. The van der Waals surface area contributed by atoms with E-state index in [0.717, 1.165) is 13.0 Å². The van der Waals surface area contributed by atoms with Gasteiger partial charge in [0, 0.05) is 43.8 Å². The van der Waals surface area contributed by atoms with Crippen LogP contribution in [0.1, 0.15) is 12.0 Å². The minimum Gasteiger partial charge on any atom is -0.494 e. The second-order valence-corrected chi connectivity index (χ2v) is 6.79. The first kappa shape index (κ1) is 22.1. The lowest BCUT2D eigenvalue weighted by atomic mass is 10.2. The fourth-order valence-corrected chi connectivity index (χ4v) is 3.29. The van der Waals surface area contributed by atoms with E-state index in [2.05, 4.69) is 15.0 Å². The van der Waals surface area contributed by atoms with Crippen LogP contribution < -0.4 is 19.8 Å². The Morgan fingerprint density at radius 1 is 1.23 bits per heavy atom. The maximum absolute atomic E-state index is 12.4. The molecule has 0 aliphatic heterocycles. The Labute approximate surface area is 183 Å². The van der Waals surface area contributed by atoms with Crippen molar-refractivity contribution in [1.82, 2.24) is 19.1 Å². The highest BCUT2D eigenvalue weighted by Gasteiger charge is 2.18. The van der Waals surface area contributed by atoms with Crippen LogP contribution in [0.25, 0.3) is 5.69 Å². The van der Waals surface area contributed by atoms with Crippen LogP contribution in [0.5, 0.6) is 23.1 Å². The fraction of sp³-hybridized carbons (Fsp3) is 0.300. The monoisotopic (exact) mass is 445 g/mol. The van der Waals surface area contributed by atoms with Gasteiger partial charge in [-0.2, -0.15) is 0 Å². The average molecular weight is 446 g/mol. The van der Waals surface area contributed by atoms with Gasteiger partial charge in [-0.1, -0.05) is 0 Å². The second-order valence-electron chi connectivity index (χ2n) is 6.40. The van der Waals surface area contributed by atoms with E-state index < -0.39 is 5.56 Å². The summed E-state index contributed by atoms with van der Waals surface area (Å²) in [5.41, 5.74) is -0.127. The Morgan fingerprint density at radius 2 is 1.94 bits per heavy atom. The third-order valence-corrected chi connectivity index (χ3v) is 4.80. The van der Waals surface area contributed by atoms with Crippen molar-refractivity contribution in [3.63, 3.8) is 0 Å². The zero-order chi connectivity index (χ0) is 22.4. The summed E-state index contributed by atoms with van der Waals surface area (Å²) < 4.78 is 19.3. The van der Waals surface area contributed by atoms with E-state index >= 15 is 0 Å². The van der Waals surface area contributed by atoms with Crippen LogP contribution in [0.3, 0.4) is 0 Å². The quantitative estimate of drug-likeness (QED) is 0.295. The fourth-order valence-electron chi connectivity index (χ4n) is 3.01. The molecule has 0 bridgehead atoms. The summed E-state index contributed by atoms with van der Waals surface area (Å²) in [7, 11) is 4.45. The largest absolute Gasteiger partial charge is 0.494 e. The lowest BCUT2D eigenvalue weighted by molar-refractivity contribution is 0.324. The number of H-pyrrole nitrogens is 1. The molecule has 0 atom stereocenters. The molecule has 0 unspecified atom stereocenters. The predicted molar refractivity (Wildman–Crippen MR) is 118 cm³/mol. The molecule has 0 aliphatic carbocycles. The maximum Gasteiger partial charge on any atom is 0.264 e. The highest BCUT2D eigenvalue weighted by atomic mass is 32.1. The molecule has 2 N–H and O–H groups in total. The molecule has 2 heterocycles. The first-order valence-corrected chi connectivity index (χ1v) is 9.75. The third-order valence-electron chi connectivity index (χ3n) is 4.51. The van der Waals surface area contributed by atoms with Crippen molar-refractivity contribution in [3.05, 3.63) is 51.5 Å². The molecule has 164 valence electrons. The number of benzene rings is 1. The van der Waals surface area contributed by atoms with Gasteiger partial charge in [-0.05, 0) is 18.6 Å². The van der Waals surface area contributed by atoms with E-state index in [1.165, 1.54) is 32.1 Å². The van der Waals surface area contributed by atoms with Gasteiger partial charge in [0.05, 0.1) is 33.3 Å². The molecule has 31 heavy (non-hydrogen) atoms. The third kappa shape index (κ3) is 4.77. The number of rotatable bonds is 9. The number of methoxy groups -OCH3 is 3. The lowest BCUT2D eigenvalue weighted by Gasteiger charge is -2.16. The predicted octanol–water partition coefficient (Wildman–Crippen LogP) is 2.33. The molecule has 2 aromatic heterocycles. The normalized spacial score (nSPS) is 11.1. The maximum atomic E-state index is 12.4. The van der Waals surface area contributed by atoms with E-state index in [1.807, 2.05) is 10.8 Å². The standard InChI is InChI=1S/C20H23N5O5S/c1-28-15-9-13(10-16(29-2)17(15)30-3)25-19(27)14(18(26)23-20(25)31)11-21-5-4-7-24-8-6-22-12-24/h6,8-12,27H,4-5,7H2,1-3H3,(H,23,26,31). The molecule has 0 radical (unpaired) electrons. The zero-order valence-electron chi connectivity index (χ0n) is 17.4. The van der Waals surface area contributed by atoms with Gasteiger partial charge in [0.1, 0.15) is 5.56 Å². The van der Waals surface area contributed by atoms with Crippen molar-refractivity contribution < 1.29 is 19.3 Å². The molecule has 3 rings (SSSR count). The van der Waals surface area contributed by atoms with Gasteiger partial charge in [-0.25, -0.2) is 4.98 Å². The smallest absolute Gasteiger partial charge is 0.264 e. The Kier molecular flexibility index (Phi) is 7.08. The molecule has 0 saturated heterocycles. The van der Waals surface area contributed by atoms with Gasteiger partial charge < -0.3 is 23.9 Å². The lowest BCUT2D eigenvalue weighted by Crippen LogP contribution is -2.18. The summed E-state index contributed by atoms with van der Waals surface area (Å²) in [5, 5.41) is 10.8. The summed E-state index contributed by atoms with van der Waals surface area (Å²) in [6.45, 7) is 1.22. The molecular formula is C20H23N5O5S. The van der Waals surface area contributed by atoms with Crippen molar-refractivity contribution in [2.24, 2.45) is 4.99 Å². The van der Waals surface area contributed by atoms with E-state index in [9.17, 15) is 9.90 Å². The summed E-state index contributed by atoms with van der Waals surface area (Å²) in [4.78, 5) is 23.2. The van der Waals surface area contributed by atoms with E-state index in [1.54, 1.807) is 24.7 Å². The van der Waals surface area contributed by atoms with Crippen LogP contribution in [0.4, 0.5) is 0 Å². The number of ether oxygens (including phenoxy) is 3. The SMILES string of the molecule is COc1cc(-n2c(O)c(C=NCCCn3ccnc3)c(=O)[nH]c2=S)cc(OC)c1OC. The van der Waals surface area contributed by atoms with Gasteiger partial charge in [0.2, 0.25) is 11.6 Å². The molecule has 0 saturated carbocycles. The number of imidazole rings is 1. The zero-order valence-corrected chi connectivity index (χ0v) is 18.2. The van der Waals surface area contributed by atoms with Gasteiger partial charge in [-0.3, -0.25) is 19.3 Å². The van der Waals surface area contributed by atoms with Crippen molar-refractivity contribution >= 4 is 18.4 Å². The molecule has 1 aromatic carbocycles. The summed E-state index contributed by atoms with van der Waals surface area (Å²) in [5.74, 6) is 0.795. The van der Waals surface area contributed by atoms with Crippen LogP contribution >= 0.6 is 12.2 Å². The van der Waals surface area contributed by atoms with Crippen molar-refractivity contribution in [2.75, 3.05) is 27.9 Å². The van der Waals surface area contributed by atoms with Crippen LogP contribution in [0.15, 0.2) is 40.6 Å².